The van der Waals surface area contributed by atoms with E-state index >= 15 is 0 Å². The summed E-state index contributed by atoms with van der Waals surface area (Å²) in [5.41, 5.74) is 1.74. The SMILES string of the molecule is Cc1cc(C(Sc2ccc(F)cc2)C(=O)c2ccccc2)c(C)s1. The molecule has 0 aliphatic carbocycles. The zero-order chi connectivity index (χ0) is 17.1. The lowest BCUT2D eigenvalue weighted by Crippen LogP contribution is -2.10. The van der Waals surface area contributed by atoms with Crippen LogP contribution in [0.2, 0.25) is 0 Å². The number of carbonyl (C=O) groups excluding carboxylic acids is 1. The molecule has 2 aromatic carbocycles. The Morgan fingerprint density at radius 1 is 1.04 bits per heavy atom. The third-order valence-electron chi connectivity index (χ3n) is 3.73. The van der Waals surface area contributed by atoms with Crippen LogP contribution in [-0.2, 0) is 0 Å². The summed E-state index contributed by atoms with van der Waals surface area (Å²) in [5, 5.41) is -0.331. The summed E-state index contributed by atoms with van der Waals surface area (Å²) in [7, 11) is 0. The first-order valence-electron chi connectivity index (χ1n) is 7.63. The van der Waals surface area contributed by atoms with Gasteiger partial charge in [-0.1, -0.05) is 30.3 Å². The van der Waals surface area contributed by atoms with E-state index in [1.54, 1.807) is 23.5 Å². The Bertz CT molecular complexity index is 838. The van der Waals surface area contributed by atoms with Gasteiger partial charge in [-0.25, -0.2) is 4.39 Å². The molecule has 1 nitrogen and oxygen atoms in total. The highest BCUT2D eigenvalue weighted by Crippen LogP contribution is 2.41. The van der Waals surface area contributed by atoms with Crippen molar-refractivity contribution < 1.29 is 9.18 Å². The van der Waals surface area contributed by atoms with Crippen LogP contribution in [0.4, 0.5) is 4.39 Å². The summed E-state index contributed by atoms with van der Waals surface area (Å²) >= 11 is 3.17. The molecule has 1 atom stereocenters. The zero-order valence-corrected chi connectivity index (χ0v) is 15.1. The molecule has 0 N–H and O–H groups in total. The van der Waals surface area contributed by atoms with Gasteiger partial charge in [-0.05, 0) is 49.7 Å². The first-order chi connectivity index (χ1) is 11.5. The second kappa shape index (κ2) is 7.32. The summed E-state index contributed by atoms with van der Waals surface area (Å²) < 4.78 is 13.2. The number of Topliss-reactive ketones (excluding diaryl/α,β-unsaturated/α-hetero) is 1. The van der Waals surface area contributed by atoms with Crippen LogP contribution >= 0.6 is 23.1 Å². The quantitative estimate of drug-likeness (QED) is 0.399. The number of aryl methyl sites for hydroxylation is 2. The number of hydrogen-bond donors (Lipinski definition) is 0. The summed E-state index contributed by atoms with van der Waals surface area (Å²) in [4.78, 5) is 16.3. The van der Waals surface area contributed by atoms with E-state index in [2.05, 4.69) is 6.07 Å². The third kappa shape index (κ3) is 3.77. The molecule has 0 aliphatic heterocycles. The number of halogens is 1. The van der Waals surface area contributed by atoms with Crippen molar-refractivity contribution in [1.82, 2.24) is 0 Å². The lowest BCUT2D eigenvalue weighted by Gasteiger charge is -2.16. The molecule has 24 heavy (non-hydrogen) atoms. The largest absolute Gasteiger partial charge is 0.293 e. The van der Waals surface area contributed by atoms with Gasteiger partial charge in [-0.15, -0.1) is 23.1 Å². The van der Waals surface area contributed by atoms with E-state index in [1.807, 2.05) is 44.2 Å². The number of hydrogen-bond acceptors (Lipinski definition) is 3. The van der Waals surface area contributed by atoms with Crippen molar-refractivity contribution in [2.45, 2.75) is 24.0 Å². The van der Waals surface area contributed by atoms with Gasteiger partial charge in [0.2, 0.25) is 0 Å². The molecule has 1 heterocycles. The molecule has 1 unspecified atom stereocenters. The van der Waals surface area contributed by atoms with Crippen LogP contribution in [0, 0.1) is 19.7 Å². The van der Waals surface area contributed by atoms with Gasteiger partial charge < -0.3 is 0 Å². The van der Waals surface area contributed by atoms with Crippen LogP contribution in [0.3, 0.4) is 0 Å². The molecule has 0 spiro atoms. The zero-order valence-electron chi connectivity index (χ0n) is 13.5. The Balaban J connectivity index is 1.99. The van der Waals surface area contributed by atoms with Crippen molar-refractivity contribution in [3.8, 4) is 0 Å². The lowest BCUT2D eigenvalue weighted by molar-refractivity contribution is 0.0989. The predicted molar refractivity (Wildman–Crippen MR) is 99.6 cm³/mol. The van der Waals surface area contributed by atoms with Crippen LogP contribution in [0.5, 0.6) is 0 Å². The Hall–Kier alpha value is -1.91. The van der Waals surface area contributed by atoms with Crippen molar-refractivity contribution in [1.29, 1.82) is 0 Å². The number of carbonyl (C=O) groups is 1. The summed E-state index contributed by atoms with van der Waals surface area (Å²) in [6.07, 6.45) is 0. The Morgan fingerprint density at radius 3 is 2.29 bits per heavy atom. The highest BCUT2D eigenvalue weighted by atomic mass is 32.2. The number of thiophene rings is 1. The Morgan fingerprint density at radius 2 is 1.71 bits per heavy atom. The lowest BCUT2D eigenvalue weighted by atomic mass is 10.0. The van der Waals surface area contributed by atoms with Crippen LogP contribution in [0.25, 0.3) is 0 Å². The monoisotopic (exact) mass is 356 g/mol. The average Bonchev–Trinajstić information content (AvgIpc) is 2.93. The fourth-order valence-corrected chi connectivity index (χ4v) is 4.79. The maximum Gasteiger partial charge on any atom is 0.180 e. The van der Waals surface area contributed by atoms with Crippen molar-refractivity contribution >= 4 is 28.9 Å². The van der Waals surface area contributed by atoms with E-state index in [0.29, 0.717) is 5.56 Å². The molecule has 1 aromatic heterocycles. The smallest absolute Gasteiger partial charge is 0.180 e. The summed E-state index contributed by atoms with van der Waals surface area (Å²) in [5.74, 6) is -0.196. The van der Waals surface area contributed by atoms with Gasteiger partial charge >= 0.3 is 0 Å². The average molecular weight is 356 g/mol. The van der Waals surface area contributed by atoms with Crippen molar-refractivity contribution in [3.05, 3.63) is 87.4 Å². The molecule has 0 saturated carbocycles. The molecule has 0 saturated heterocycles. The fourth-order valence-electron chi connectivity index (χ4n) is 2.57. The number of ketones is 1. The first kappa shape index (κ1) is 16.9. The molecule has 4 heteroatoms. The molecule has 0 radical (unpaired) electrons. The molecular weight excluding hydrogens is 339 g/mol. The fraction of sp³-hybridized carbons (Fsp3) is 0.150. The van der Waals surface area contributed by atoms with Crippen LogP contribution in [-0.4, -0.2) is 5.78 Å². The minimum absolute atomic E-state index is 0.0748. The van der Waals surface area contributed by atoms with Gasteiger partial charge in [0.25, 0.3) is 0 Å². The maximum absolute atomic E-state index is 13.2. The van der Waals surface area contributed by atoms with E-state index in [-0.39, 0.29) is 16.9 Å². The topological polar surface area (TPSA) is 17.1 Å². The molecule has 0 aliphatic rings. The van der Waals surface area contributed by atoms with Gasteiger partial charge in [-0.2, -0.15) is 0 Å². The Kier molecular flexibility index (Phi) is 5.17. The van der Waals surface area contributed by atoms with Crippen LogP contribution < -0.4 is 0 Å². The van der Waals surface area contributed by atoms with E-state index < -0.39 is 0 Å². The molecule has 0 bridgehead atoms. The van der Waals surface area contributed by atoms with E-state index in [9.17, 15) is 9.18 Å². The molecule has 0 amide bonds. The Labute approximate surface area is 149 Å². The van der Waals surface area contributed by atoms with Gasteiger partial charge in [-0.3, -0.25) is 4.79 Å². The van der Waals surface area contributed by atoms with E-state index in [0.717, 1.165) is 15.3 Å². The molecule has 0 fully saturated rings. The van der Waals surface area contributed by atoms with E-state index in [1.165, 1.54) is 28.8 Å². The summed E-state index contributed by atoms with van der Waals surface area (Å²) in [6, 6.07) is 17.7. The van der Waals surface area contributed by atoms with Gasteiger partial charge in [0.05, 0.1) is 5.25 Å². The second-order valence-corrected chi connectivity index (χ2v) is 8.19. The number of thioether (sulfide) groups is 1. The molecule has 3 aromatic rings. The first-order valence-corrected chi connectivity index (χ1v) is 9.32. The summed E-state index contributed by atoms with van der Waals surface area (Å²) in [6.45, 7) is 4.09. The third-order valence-corrected chi connectivity index (χ3v) is 5.96. The second-order valence-electron chi connectivity index (χ2n) is 5.55. The standard InChI is InChI=1S/C20H17FOS2/c1-13-12-18(14(2)23-13)20(19(22)15-6-4-3-5-7-15)24-17-10-8-16(21)9-11-17/h3-12,20H,1-2H3. The molecule has 3 rings (SSSR count). The molecule has 122 valence electrons. The predicted octanol–water partition coefficient (Wildman–Crippen LogP) is 6.22. The maximum atomic E-state index is 13.2. The van der Waals surface area contributed by atoms with Gasteiger partial charge in [0.15, 0.2) is 5.78 Å². The minimum Gasteiger partial charge on any atom is -0.293 e. The normalized spacial score (nSPS) is 12.1. The van der Waals surface area contributed by atoms with Gasteiger partial charge in [0.1, 0.15) is 5.82 Å². The number of rotatable bonds is 5. The van der Waals surface area contributed by atoms with E-state index in [4.69, 9.17) is 0 Å². The minimum atomic E-state index is -0.331. The van der Waals surface area contributed by atoms with Crippen molar-refractivity contribution in [3.63, 3.8) is 0 Å². The van der Waals surface area contributed by atoms with Crippen LogP contribution in [0.1, 0.15) is 30.9 Å². The molecular formula is C20H17FOS2. The van der Waals surface area contributed by atoms with Crippen molar-refractivity contribution in [2.24, 2.45) is 0 Å². The van der Waals surface area contributed by atoms with Crippen molar-refractivity contribution in [2.75, 3.05) is 0 Å². The van der Waals surface area contributed by atoms with Gasteiger partial charge in [0, 0.05) is 20.2 Å². The highest BCUT2D eigenvalue weighted by molar-refractivity contribution is 8.00. The van der Waals surface area contributed by atoms with Crippen LogP contribution in [0.15, 0.2) is 65.6 Å². The highest BCUT2D eigenvalue weighted by Gasteiger charge is 2.26. The number of benzene rings is 2.